The van der Waals surface area contributed by atoms with Crippen molar-refractivity contribution in [1.29, 1.82) is 0 Å². The van der Waals surface area contributed by atoms with E-state index in [2.05, 4.69) is 4.67 Å². The van der Waals surface area contributed by atoms with Crippen molar-refractivity contribution in [1.82, 2.24) is 4.67 Å². The van der Waals surface area contributed by atoms with Crippen LogP contribution in [0.25, 0.3) is 0 Å². The number of thioether (sulfide) groups is 1. The molecule has 74 valence electrons. The highest BCUT2D eigenvalue weighted by molar-refractivity contribution is 8.16. The molecule has 5 heteroatoms. The first-order chi connectivity index (χ1) is 6.63. The summed E-state index contributed by atoms with van der Waals surface area (Å²) in [5.74, 6) is 0. The van der Waals surface area contributed by atoms with Gasteiger partial charge in [0.15, 0.2) is 0 Å². The second kappa shape index (κ2) is 5.69. The lowest BCUT2D eigenvalue weighted by Crippen LogP contribution is -1.97. The Balaban J connectivity index is 3.07. The lowest BCUT2D eigenvalue weighted by Gasteiger charge is -1.88. The first-order valence-electron chi connectivity index (χ1n) is 3.70. The lowest BCUT2D eigenvalue weighted by atomic mass is 10.2. The van der Waals surface area contributed by atoms with Gasteiger partial charge in [0.05, 0.1) is 5.56 Å². The summed E-state index contributed by atoms with van der Waals surface area (Å²) in [5.41, 5.74) is 0.795. The Morgan fingerprint density at radius 2 is 1.79 bits per heavy atom. The molecule has 0 aliphatic carbocycles. The fourth-order valence-corrected chi connectivity index (χ4v) is 1.47. The maximum Gasteiger partial charge on any atom is 0.432 e. The van der Waals surface area contributed by atoms with Crippen LogP contribution in [0.4, 0.5) is 0 Å². The minimum atomic E-state index is 0.362. The molecule has 0 saturated carbocycles. The zero-order valence-corrected chi connectivity index (χ0v) is 10.4. The van der Waals surface area contributed by atoms with Crippen LogP contribution < -0.4 is 4.67 Å². The van der Waals surface area contributed by atoms with Crippen LogP contribution in [-0.2, 0) is 0 Å². The van der Waals surface area contributed by atoms with E-state index < -0.39 is 0 Å². The summed E-state index contributed by atoms with van der Waals surface area (Å²) >= 11 is 18.7. The number of benzene rings is 1. The predicted molar refractivity (Wildman–Crippen MR) is 67.9 cm³/mol. The van der Waals surface area contributed by atoms with Crippen molar-refractivity contribution in [3.05, 3.63) is 34.9 Å². The minimum Gasteiger partial charge on any atom is -0.0843 e. The molecule has 0 aromatic heterocycles. The molecule has 0 unspecified atom stereocenters. The largest absolute Gasteiger partial charge is 0.432 e. The summed E-state index contributed by atoms with van der Waals surface area (Å²) < 4.78 is 4.39. The molecule has 0 amide bonds. The van der Waals surface area contributed by atoms with E-state index in [0.717, 1.165) is 5.56 Å². The third-order valence-corrected chi connectivity index (χ3v) is 2.97. The molecule has 0 spiro atoms. The second-order valence-electron chi connectivity index (χ2n) is 2.37. The number of halogens is 3. The molecular weight excluding hydrogens is 261 g/mol. The molecule has 0 fully saturated rings. The lowest BCUT2D eigenvalue weighted by molar-refractivity contribution is 1.62. The fraction of sp³-hybridized carbons (Fsp3) is 0.111. The van der Waals surface area contributed by atoms with E-state index in [1.54, 1.807) is 24.3 Å². The van der Waals surface area contributed by atoms with E-state index in [1.165, 1.54) is 11.8 Å². The van der Waals surface area contributed by atoms with E-state index in [-0.39, 0.29) is 0 Å². The summed E-state index contributed by atoms with van der Waals surface area (Å²) in [6.45, 7) is 0. The van der Waals surface area contributed by atoms with Crippen LogP contribution >= 0.6 is 46.6 Å². The van der Waals surface area contributed by atoms with Crippen molar-refractivity contribution in [3.8, 4) is 0 Å². The van der Waals surface area contributed by atoms with Gasteiger partial charge in [-0.05, 0) is 47.0 Å². The number of hydrogen-bond donors (Lipinski definition) is 0. The van der Waals surface area contributed by atoms with Gasteiger partial charge in [-0.2, -0.15) is 0 Å². The van der Waals surface area contributed by atoms with Crippen molar-refractivity contribution in [2.75, 3.05) is 6.26 Å². The van der Waals surface area contributed by atoms with Gasteiger partial charge in [0.2, 0.25) is 0 Å². The third-order valence-electron chi connectivity index (χ3n) is 1.44. The van der Waals surface area contributed by atoms with Gasteiger partial charge in [-0.3, -0.25) is 0 Å². The topological polar surface area (TPSA) is 14.1 Å². The van der Waals surface area contributed by atoms with Gasteiger partial charge in [0.1, 0.15) is 0 Å². The van der Waals surface area contributed by atoms with E-state index in [0.29, 0.717) is 14.7 Å². The predicted octanol–water partition coefficient (Wildman–Crippen LogP) is 3.35. The van der Waals surface area contributed by atoms with Gasteiger partial charge in [0.25, 0.3) is 0 Å². The van der Waals surface area contributed by atoms with Crippen LogP contribution in [0.3, 0.4) is 0 Å². The Morgan fingerprint density at radius 1 is 1.21 bits per heavy atom. The van der Waals surface area contributed by atoms with Gasteiger partial charge in [-0.25, -0.2) is 0 Å². The number of rotatable bonds is 1. The molecule has 0 saturated heterocycles. The Kier molecular flexibility index (Phi) is 4.86. The van der Waals surface area contributed by atoms with Crippen molar-refractivity contribution in [2.45, 2.75) is 0 Å². The van der Waals surface area contributed by atoms with Gasteiger partial charge in [-0.1, -0.05) is 11.6 Å². The molecule has 0 heterocycles. The van der Waals surface area contributed by atoms with Crippen molar-refractivity contribution in [2.24, 2.45) is 0 Å². The molecule has 0 N–H and O–H groups in total. The summed E-state index contributed by atoms with van der Waals surface area (Å²) in [6.07, 6.45) is 1.83. The van der Waals surface area contributed by atoms with Gasteiger partial charge in [0, 0.05) is 28.2 Å². The molecule has 0 atom stereocenters. The molecule has 0 radical (unpaired) electrons. The highest BCUT2D eigenvalue weighted by atomic mass is 35.5. The SMILES string of the molecule is CSC(Cl)=[N+]=C(Cl)c1ccc(Cl)cc1. The van der Waals surface area contributed by atoms with Crippen LogP contribution in [0.1, 0.15) is 5.56 Å². The number of nitrogens with zero attached hydrogens (tertiary/aromatic N) is 1. The highest BCUT2D eigenvalue weighted by Crippen LogP contribution is 2.10. The zero-order valence-electron chi connectivity index (χ0n) is 7.30. The molecule has 1 nitrogen and oxygen atoms in total. The van der Waals surface area contributed by atoms with Crippen molar-refractivity contribution < 1.29 is 0 Å². The molecule has 0 bridgehead atoms. The van der Waals surface area contributed by atoms with Crippen LogP contribution in [0, 0.1) is 0 Å². The molecule has 1 aromatic carbocycles. The van der Waals surface area contributed by atoms with Gasteiger partial charge in [-0.15, -0.1) is 0 Å². The zero-order chi connectivity index (χ0) is 10.6. The highest BCUT2D eigenvalue weighted by Gasteiger charge is 2.11. The molecule has 1 aromatic rings. The van der Waals surface area contributed by atoms with Crippen LogP contribution in [0.2, 0.25) is 5.02 Å². The Labute approximate surface area is 102 Å². The standard InChI is InChI=1S/C9H7Cl3NS/c1-14-9(12)13-8(11)6-2-4-7(10)5-3-6/h2-5H,1H3/q+1. The summed E-state index contributed by atoms with van der Waals surface area (Å²) in [6, 6.07) is 7.08. The van der Waals surface area contributed by atoms with Crippen LogP contribution in [0.15, 0.2) is 24.3 Å². The third kappa shape index (κ3) is 3.56. The maximum absolute atomic E-state index is 5.92. The average molecular weight is 268 g/mol. The minimum absolute atomic E-state index is 0.362. The van der Waals surface area contributed by atoms with Crippen molar-refractivity contribution >= 4 is 56.2 Å². The molecule has 0 aliphatic rings. The smallest absolute Gasteiger partial charge is 0.0843 e. The monoisotopic (exact) mass is 266 g/mol. The van der Waals surface area contributed by atoms with E-state index >= 15 is 0 Å². The molecule has 0 aliphatic heterocycles. The number of hydrogen-bond acceptors (Lipinski definition) is 1. The summed E-state index contributed by atoms with van der Waals surface area (Å²) in [7, 11) is 0. The van der Waals surface area contributed by atoms with Gasteiger partial charge < -0.3 is 0 Å². The average Bonchev–Trinajstić information content (AvgIpc) is 2.18. The second-order valence-corrected chi connectivity index (χ2v) is 4.54. The quantitative estimate of drug-likeness (QED) is 0.432. The first-order valence-corrected chi connectivity index (χ1v) is 6.06. The summed E-state index contributed by atoms with van der Waals surface area (Å²) in [4.78, 5) is 0. The first kappa shape index (κ1) is 12.0. The van der Waals surface area contributed by atoms with Crippen molar-refractivity contribution in [3.63, 3.8) is 0 Å². The van der Waals surface area contributed by atoms with Gasteiger partial charge >= 0.3 is 9.67 Å². The maximum atomic E-state index is 5.92. The van der Waals surface area contributed by atoms with Crippen LogP contribution in [-0.4, -0.2) is 15.9 Å². The molecule has 1 rings (SSSR count). The Hall–Kier alpha value is -0.110. The summed E-state index contributed by atoms with van der Waals surface area (Å²) in [5, 5.41) is 1.03. The molecular formula is C9H7Cl3NS+. The Morgan fingerprint density at radius 3 is 2.29 bits per heavy atom. The van der Waals surface area contributed by atoms with E-state index in [9.17, 15) is 0 Å². The Bertz CT molecular complexity index is 380. The van der Waals surface area contributed by atoms with E-state index in [4.69, 9.17) is 34.8 Å². The van der Waals surface area contributed by atoms with E-state index in [1.807, 2.05) is 6.26 Å². The van der Waals surface area contributed by atoms with Crippen LogP contribution in [0.5, 0.6) is 0 Å². The normalized spacial score (nSPS) is 9.43. The fourth-order valence-electron chi connectivity index (χ4n) is 0.775. The molecule has 14 heavy (non-hydrogen) atoms.